The molecule has 0 saturated heterocycles. The molecule has 0 bridgehead atoms. The molecule has 74 valence electrons. The van der Waals surface area contributed by atoms with Gasteiger partial charge in [-0.2, -0.15) is 0 Å². The predicted octanol–water partition coefficient (Wildman–Crippen LogP) is 2.40. The van der Waals surface area contributed by atoms with Crippen LogP contribution in [0.3, 0.4) is 0 Å². The van der Waals surface area contributed by atoms with E-state index in [1.54, 1.807) is 0 Å². The lowest BCUT2D eigenvalue weighted by molar-refractivity contribution is -0.147. The van der Waals surface area contributed by atoms with Crippen molar-refractivity contribution in [2.75, 3.05) is 7.11 Å². The fourth-order valence-corrected chi connectivity index (χ4v) is 1.99. The quantitative estimate of drug-likeness (QED) is 0.484. The number of esters is 1. The van der Waals surface area contributed by atoms with Crippen molar-refractivity contribution in [2.24, 2.45) is 17.3 Å². The zero-order chi connectivity index (χ0) is 10.2. The Bertz CT molecular complexity index is 251. The van der Waals surface area contributed by atoms with Crippen molar-refractivity contribution < 1.29 is 9.53 Å². The molecule has 2 nitrogen and oxygen atoms in total. The molecule has 3 atom stereocenters. The van der Waals surface area contributed by atoms with Gasteiger partial charge in [-0.05, 0) is 32.6 Å². The molecule has 0 aliphatic heterocycles. The first-order valence-electron chi connectivity index (χ1n) is 4.68. The second-order valence-corrected chi connectivity index (χ2v) is 4.33. The predicted molar refractivity (Wildman–Crippen MR) is 52.2 cm³/mol. The van der Waals surface area contributed by atoms with E-state index >= 15 is 0 Å². The Labute approximate surface area is 80.0 Å². The summed E-state index contributed by atoms with van der Waals surface area (Å²) in [6.07, 6.45) is 2.17. The van der Waals surface area contributed by atoms with E-state index in [-0.39, 0.29) is 11.4 Å². The van der Waals surface area contributed by atoms with E-state index in [9.17, 15) is 4.79 Å². The molecule has 0 N–H and O–H groups in total. The Morgan fingerprint density at radius 1 is 1.46 bits per heavy atom. The monoisotopic (exact) mass is 182 g/mol. The molecular formula is C11H18O2. The van der Waals surface area contributed by atoms with E-state index in [0.29, 0.717) is 11.8 Å². The summed E-state index contributed by atoms with van der Waals surface area (Å²) < 4.78 is 4.79. The highest BCUT2D eigenvalue weighted by Gasteiger charge is 2.63. The van der Waals surface area contributed by atoms with E-state index in [1.807, 2.05) is 6.92 Å². The second-order valence-electron chi connectivity index (χ2n) is 4.33. The summed E-state index contributed by atoms with van der Waals surface area (Å²) >= 11 is 0. The topological polar surface area (TPSA) is 26.3 Å². The minimum atomic E-state index is -0.272. The van der Waals surface area contributed by atoms with Crippen LogP contribution < -0.4 is 0 Å². The normalized spacial score (nSPS) is 36.7. The van der Waals surface area contributed by atoms with Crippen LogP contribution in [0.5, 0.6) is 0 Å². The first kappa shape index (κ1) is 10.3. The molecule has 3 unspecified atom stereocenters. The van der Waals surface area contributed by atoms with Gasteiger partial charge in [-0.1, -0.05) is 18.6 Å². The molecule has 13 heavy (non-hydrogen) atoms. The Morgan fingerprint density at radius 2 is 2.00 bits per heavy atom. The highest BCUT2D eigenvalue weighted by molar-refractivity contribution is 5.81. The van der Waals surface area contributed by atoms with Crippen molar-refractivity contribution in [2.45, 2.75) is 27.7 Å². The van der Waals surface area contributed by atoms with Gasteiger partial charge in [0, 0.05) is 0 Å². The van der Waals surface area contributed by atoms with Gasteiger partial charge in [-0.25, -0.2) is 0 Å². The molecule has 0 heterocycles. The molecule has 0 spiro atoms. The Kier molecular flexibility index (Phi) is 2.51. The van der Waals surface area contributed by atoms with Gasteiger partial charge in [0.05, 0.1) is 12.5 Å². The molecule has 0 aromatic heterocycles. The van der Waals surface area contributed by atoms with Gasteiger partial charge < -0.3 is 4.74 Å². The standard InChI is InChI=1S/C11H18O2/c1-7(2)6-9-8(3)11(9,4)10(12)13-5/h6,8-9H,1-5H3. The minimum Gasteiger partial charge on any atom is -0.469 e. The summed E-state index contributed by atoms with van der Waals surface area (Å²) in [5.74, 6) is 0.697. The van der Waals surface area contributed by atoms with Gasteiger partial charge in [0.25, 0.3) is 0 Å². The van der Waals surface area contributed by atoms with E-state index < -0.39 is 0 Å². The number of rotatable bonds is 2. The molecule has 0 aromatic carbocycles. The maximum absolute atomic E-state index is 11.4. The van der Waals surface area contributed by atoms with Crippen molar-refractivity contribution in [3.8, 4) is 0 Å². The summed E-state index contributed by atoms with van der Waals surface area (Å²) in [7, 11) is 1.46. The maximum atomic E-state index is 11.4. The highest BCUT2D eigenvalue weighted by Crippen LogP contribution is 2.59. The summed E-state index contributed by atoms with van der Waals surface area (Å²) in [5.41, 5.74) is 0.996. The largest absolute Gasteiger partial charge is 0.469 e. The summed E-state index contributed by atoms with van der Waals surface area (Å²) in [6.45, 7) is 8.19. The zero-order valence-electron chi connectivity index (χ0n) is 9.05. The molecule has 1 aliphatic rings. The van der Waals surface area contributed by atoms with E-state index in [4.69, 9.17) is 4.74 Å². The molecule has 0 amide bonds. The van der Waals surface area contributed by atoms with Crippen molar-refractivity contribution >= 4 is 5.97 Å². The average Bonchev–Trinajstić information content (AvgIpc) is 2.57. The van der Waals surface area contributed by atoms with Crippen LogP contribution in [0.25, 0.3) is 0 Å². The van der Waals surface area contributed by atoms with Crippen LogP contribution in [0.4, 0.5) is 0 Å². The van der Waals surface area contributed by atoms with Crippen LogP contribution in [0.15, 0.2) is 11.6 Å². The van der Waals surface area contributed by atoms with Gasteiger partial charge in [0.1, 0.15) is 0 Å². The summed E-state index contributed by atoms with van der Waals surface area (Å²) in [6, 6.07) is 0. The fraction of sp³-hybridized carbons (Fsp3) is 0.727. The van der Waals surface area contributed by atoms with Gasteiger partial charge >= 0.3 is 5.97 Å². The number of carbonyl (C=O) groups is 1. The van der Waals surface area contributed by atoms with Gasteiger partial charge in [0.2, 0.25) is 0 Å². The van der Waals surface area contributed by atoms with Crippen LogP contribution in [0.1, 0.15) is 27.7 Å². The highest BCUT2D eigenvalue weighted by atomic mass is 16.5. The van der Waals surface area contributed by atoms with Crippen LogP contribution in [-0.2, 0) is 9.53 Å². The molecule has 1 aliphatic carbocycles. The van der Waals surface area contributed by atoms with Gasteiger partial charge in [-0.15, -0.1) is 0 Å². The third-order valence-electron chi connectivity index (χ3n) is 3.21. The molecule has 0 radical (unpaired) electrons. The number of methoxy groups -OCH3 is 1. The molecule has 1 rings (SSSR count). The SMILES string of the molecule is COC(=O)C1(C)C(C)C1C=C(C)C. The van der Waals surface area contributed by atoms with Crippen LogP contribution in [0.2, 0.25) is 0 Å². The first-order chi connectivity index (χ1) is 5.94. The van der Waals surface area contributed by atoms with Crippen molar-refractivity contribution in [1.29, 1.82) is 0 Å². The molecule has 1 saturated carbocycles. The minimum absolute atomic E-state index is 0.0810. The Balaban J connectivity index is 2.76. The van der Waals surface area contributed by atoms with Crippen molar-refractivity contribution in [3.05, 3.63) is 11.6 Å². The lowest BCUT2D eigenvalue weighted by Gasteiger charge is -2.06. The number of allylic oxidation sites excluding steroid dienone is 2. The Hall–Kier alpha value is -0.790. The Morgan fingerprint density at radius 3 is 2.38 bits per heavy atom. The number of hydrogen-bond acceptors (Lipinski definition) is 2. The first-order valence-corrected chi connectivity index (χ1v) is 4.68. The van der Waals surface area contributed by atoms with Crippen molar-refractivity contribution in [1.82, 2.24) is 0 Å². The summed E-state index contributed by atoms with van der Waals surface area (Å²) in [4.78, 5) is 11.4. The second kappa shape index (κ2) is 3.17. The smallest absolute Gasteiger partial charge is 0.312 e. The number of hydrogen-bond donors (Lipinski definition) is 0. The third-order valence-corrected chi connectivity index (χ3v) is 3.21. The zero-order valence-corrected chi connectivity index (χ0v) is 9.05. The molecule has 2 heteroatoms. The van der Waals surface area contributed by atoms with Gasteiger partial charge in [0.15, 0.2) is 0 Å². The lowest BCUT2D eigenvalue weighted by Crippen LogP contribution is -2.16. The summed E-state index contributed by atoms with van der Waals surface area (Å²) in [5, 5.41) is 0. The van der Waals surface area contributed by atoms with Crippen LogP contribution in [-0.4, -0.2) is 13.1 Å². The number of carbonyl (C=O) groups excluding carboxylic acids is 1. The van der Waals surface area contributed by atoms with Crippen LogP contribution >= 0.6 is 0 Å². The fourth-order valence-electron chi connectivity index (χ4n) is 1.99. The molecule has 1 fully saturated rings. The third kappa shape index (κ3) is 1.50. The van der Waals surface area contributed by atoms with E-state index in [1.165, 1.54) is 12.7 Å². The van der Waals surface area contributed by atoms with E-state index in [0.717, 1.165) is 0 Å². The van der Waals surface area contributed by atoms with Crippen molar-refractivity contribution in [3.63, 3.8) is 0 Å². The lowest BCUT2D eigenvalue weighted by atomic mass is 10.1. The van der Waals surface area contributed by atoms with E-state index in [2.05, 4.69) is 26.8 Å². The number of ether oxygens (including phenoxy) is 1. The van der Waals surface area contributed by atoms with Crippen LogP contribution in [0, 0.1) is 17.3 Å². The average molecular weight is 182 g/mol. The molecule has 0 aromatic rings. The maximum Gasteiger partial charge on any atom is 0.312 e. The molecular weight excluding hydrogens is 164 g/mol. The van der Waals surface area contributed by atoms with Gasteiger partial charge in [-0.3, -0.25) is 4.79 Å².